The molecule has 0 aromatic heterocycles. The monoisotopic (exact) mass is 236 g/mol. The van der Waals surface area contributed by atoms with Crippen LogP contribution in [0.15, 0.2) is 24.3 Å². The molecule has 0 saturated carbocycles. The van der Waals surface area contributed by atoms with Crippen LogP contribution in [0.1, 0.15) is 5.56 Å². The number of nitro groups is 1. The molecule has 17 heavy (non-hydrogen) atoms. The molecule has 5 nitrogen and oxygen atoms in total. The summed E-state index contributed by atoms with van der Waals surface area (Å²) in [5.74, 6) is 0. The van der Waals surface area contributed by atoms with Crippen LogP contribution in [0, 0.1) is 10.1 Å². The van der Waals surface area contributed by atoms with Gasteiger partial charge in [0.25, 0.3) is 5.69 Å². The van der Waals surface area contributed by atoms with Gasteiger partial charge in [0.05, 0.1) is 18.1 Å². The summed E-state index contributed by atoms with van der Waals surface area (Å²) in [4.78, 5) is 12.6. The molecule has 1 aliphatic rings. The van der Waals surface area contributed by atoms with Crippen LogP contribution in [0.3, 0.4) is 0 Å². The van der Waals surface area contributed by atoms with E-state index in [9.17, 15) is 10.1 Å². The fourth-order valence-corrected chi connectivity index (χ4v) is 1.94. The van der Waals surface area contributed by atoms with E-state index >= 15 is 0 Å². The fourth-order valence-electron chi connectivity index (χ4n) is 1.94. The Kier molecular flexibility index (Phi) is 4.06. The number of hydrogen-bond acceptors (Lipinski definition) is 4. The SMILES string of the molecule is O=[N+]([O-])c1cccc(CCN2CCOCC2)c1. The zero-order chi connectivity index (χ0) is 12.1. The first-order chi connectivity index (χ1) is 8.25. The third kappa shape index (κ3) is 3.51. The molecule has 0 radical (unpaired) electrons. The van der Waals surface area contributed by atoms with Crippen molar-refractivity contribution in [1.29, 1.82) is 0 Å². The quantitative estimate of drug-likeness (QED) is 0.586. The molecule has 0 aliphatic carbocycles. The summed E-state index contributed by atoms with van der Waals surface area (Å²) in [6, 6.07) is 6.86. The molecule has 0 atom stereocenters. The highest BCUT2D eigenvalue weighted by Gasteiger charge is 2.11. The molecule has 5 heteroatoms. The number of benzene rings is 1. The first-order valence-corrected chi connectivity index (χ1v) is 5.79. The number of nitro benzene ring substituents is 1. The van der Waals surface area contributed by atoms with E-state index in [0.29, 0.717) is 0 Å². The van der Waals surface area contributed by atoms with E-state index in [1.165, 1.54) is 6.07 Å². The molecule has 1 aromatic carbocycles. The van der Waals surface area contributed by atoms with Crippen LogP contribution < -0.4 is 0 Å². The van der Waals surface area contributed by atoms with Gasteiger partial charge in [-0.3, -0.25) is 15.0 Å². The molecule has 1 heterocycles. The molecule has 0 spiro atoms. The Balaban J connectivity index is 1.89. The van der Waals surface area contributed by atoms with Crippen molar-refractivity contribution in [2.24, 2.45) is 0 Å². The van der Waals surface area contributed by atoms with Crippen LogP contribution in [0.25, 0.3) is 0 Å². The van der Waals surface area contributed by atoms with Crippen molar-refractivity contribution in [1.82, 2.24) is 4.90 Å². The molecule has 0 amide bonds. The Labute approximate surface area is 100 Å². The smallest absolute Gasteiger partial charge is 0.269 e. The molecule has 0 bridgehead atoms. The average molecular weight is 236 g/mol. The second kappa shape index (κ2) is 5.75. The third-order valence-electron chi connectivity index (χ3n) is 2.94. The van der Waals surface area contributed by atoms with Gasteiger partial charge in [-0.2, -0.15) is 0 Å². The molecule has 2 rings (SSSR count). The van der Waals surface area contributed by atoms with Crippen LogP contribution in [-0.4, -0.2) is 42.7 Å². The Morgan fingerprint density at radius 1 is 1.35 bits per heavy atom. The lowest BCUT2D eigenvalue weighted by molar-refractivity contribution is -0.384. The molecule has 1 saturated heterocycles. The molecular formula is C12H16N2O3. The summed E-state index contributed by atoms with van der Waals surface area (Å²) in [5.41, 5.74) is 1.19. The fraction of sp³-hybridized carbons (Fsp3) is 0.500. The topological polar surface area (TPSA) is 55.6 Å². The number of nitrogens with zero attached hydrogens (tertiary/aromatic N) is 2. The van der Waals surface area contributed by atoms with E-state index in [4.69, 9.17) is 4.74 Å². The molecule has 0 unspecified atom stereocenters. The van der Waals surface area contributed by atoms with Gasteiger partial charge in [0, 0.05) is 31.8 Å². The molecule has 0 N–H and O–H groups in total. The zero-order valence-electron chi connectivity index (χ0n) is 9.67. The van der Waals surface area contributed by atoms with Gasteiger partial charge >= 0.3 is 0 Å². The maximum absolute atomic E-state index is 10.6. The summed E-state index contributed by atoms with van der Waals surface area (Å²) in [6.07, 6.45) is 0.849. The summed E-state index contributed by atoms with van der Waals surface area (Å²) in [5, 5.41) is 10.6. The van der Waals surface area contributed by atoms with Crippen molar-refractivity contribution in [2.45, 2.75) is 6.42 Å². The lowest BCUT2D eigenvalue weighted by Gasteiger charge is -2.26. The standard InChI is InChI=1S/C12H16N2O3/c15-14(16)12-3-1-2-11(10-12)4-5-13-6-8-17-9-7-13/h1-3,10H,4-9H2. The zero-order valence-corrected chi connectivity index (χ0v) is 9.67. The first kappa shape index (κ1) is 12.0. The van der Waals surface area contributed by atoms with Gasteiger partial charge in [0.2, 0.25) is 0 Å². The van der Waals surface area contributed by atoms with Crippen LogP contribution in [0.2, 0.25) is 0 Å². The van der Waals surface area contributed by atoms with Crippen LogP contribution in [0.5, 0.6) is 0 Å². The average Bonchev–Trinajstić information content (AvgIpc) is 2.38. The Bertz CT molecular complexity index is 389. The minimum Gasteiger partial charge on any atom is -0.379 e. The number of ether oxygens (including phenoxy) is 1. The highest BCUT2D eigenvalue weighted by Crippen LogP contribution is 2.13. The number of non-ortho nitro benzene ring substituents is 1. The summed E-state index contributed by atoms with van der Waals surface area (Å²) in [6.45, 7) is 4.41. The van der Waals surface area contributed by atoms with Crippen molar-refractivity contribution in [3.8, 4) is 0 Å². The van der Waals surface area contributed by atoms with E-state index < -0.39 is 0 Å². The van der Waals surface area contributed by atoms with Gasteiger partial charge in [-0.1, -0.05) is 12.1 Å². The summed E-state index contributed by atoms with van der Waals surface area (Å²) >= 11 is 0. The molecule has 1 aliphatic heterocycles. The van der Waals surface area contributed by atoms with Crippen molar-refractivity contribution >= 4 is 5.69 Å². The summed E-state index contributed by atoms with van der Waals surface area (Å²) in [7, 11) is 0. The van der Waals surface area contributed by atoms with Crippen LogP contribution in [0.4, 0.5) is 5.69 Å². The first-order valence-electron chi connectivity index (χ1n) is 5.79. The largest absolute Gasteiger partial charge is 0.379 e. The highest BCUT2D eigenvalue weighted by molar-refractivity contribution is 5.34. The van der Waals surface area contributed by atoms with Gasteiger partial charge in [-0.25, -0.2) is 0 Å². The van der Waals surface area contributed by atoms with Crippen molar-refractivity contribution in [2.75, 3.05) is 32.8 Å². The van der Waals surface area contributed by atoms with E-state index in [2.05, 4.69) is 4.90 Å². The Hall–Kier alpha value is -1.46. The van der Waals surface area contributed by atoms with Gasteiger partial charge in [-0.15, -0.1) is 0 Å². The van der Waals surface area contributed by atoms with E-state index in [-0.39, 0.29) is 10.6 Å². The van der Waals surface area contributed by atoms with E-state index in [1.807, 2.05) is 6.07 Å². The van der Waals surface area contributed by atoms with Gasteiger partial charge in [0.15, 0.2) is 0 Å². The van der Waals surface area contributed by atoms with Crippen LogP contribution in [-0.2, 0) is 11.2 Å². The number of hydrogen-bond donors (Lipinski definition) is 0. The lowest BCUT2D eigenvalue weighted by Crippen LogP contribution is -2.37. The predicted molar refractivity (Wildman–Crippen MR) is 64.1 cm³/mol. The van der Waals surface area contributed by atoms with Crippen molar-refractivity contribution < 1.29 is 9.66 Å². The van der Waals surface area contributed by atoms with Gasteiger partial charge < -0.3 is 4.74 Å². The second-order valence-corrected chi connectivity index (χ2v) is 4.13. The number of morpholine rings is 1. The Morgan fingerprint density at radius 2 is 2.12 bits per heavy atom. The molecule has 92 valence electrons. The minimum absolute atomic E-state index is 0.171. The predicted octanol–water partition coefficient (Wildman–Crippen LogP) is 1.47. The third-order valence-corrected chi connectivity index (χ3v) is 2.94. The van der Waals surface area contributed by atoms with Gasteiger partial charge in [0.1, 0.15) is 0 Å². The maximum atomic E-state index is 10.6. The van der Waals surface area contributed by atoms with Crippen LogP contribution >= 0.6 is 0 Å². The summed E-state index contributed by atoms with van der Waals surface area (Å²) < 4.78 is 5.27. The van der Waals surface area contributed by atoms with Gasteiger partial charge in [-0.05, 0) is 12.0 Å². The molecule has 1 fully saturated rings. The van der Waals surface area contributed by atoms with Crippen molar-refractivity contribution in [3.63, 3.8) is 0 Å². The maximum Gasteiger partial charge on any atom is 0.269 e. The lowest BCUT2D eigenvalue weighted by atomic mass is 10.1. The minimum atomic E-state index is -0.349. The van der Waals surface area contributed by atoms with Crippen molar-refractivity contribution in [3.05, 3.63) is 39.9 Å². The normalized spacial score (nSPS) is 16.9. The van der Waals surface area contributed by atoms with E-state index in [1.54, 1.807) is 12.1 Å². The number of rotatable bonds is 4. The molecule has 1 aromatic rings. The molecular weight excluding hydrogens is 220 g/mol. The highest BCUT2D eigenvalue weighted by atomic mass is 16.6. The second-order valence-electron chi connectivity index (χ2n) is 4.13. The van der Waals surface area contributed by atoms with E-state index in [0.717, 1.165) is 44.8 Å². The Morgan fingerprint density at radius 3 is 2.82 bits per heavy atom.